The van der Waals surface area contributed by atoms with Crippen molar-refractivity contribution < 1.29 is 39.1 Å². The molecule has 10 nitrogen and oxygen atoms in total. The first kappa shape index (κ1) is 26.4. The van der Waals surface area contributed by atoms with Crippen molar-refractivity contribution in [2.24, 2.45) is 5.92 Å². The van der Waals surface area contributed by atoms with Gasteiger partial charge in [0.25, 0.3) is 0 Å². The number of aliphatic carboxylic acids is 1. The minimum absolute atomic E-state index is 0.442. The summed E-state index contributed by atoms with van der Waals surface area (Å²) in [6.07, 6.45) is -4.60. The van der Waals surface area contributed by atoms with Crippen LogP contribution in [0.1, 0.15) is 31.0 Å². The van der Waals surface area contributed by atoms with E-state index >= 15 is 0 Å². The molecule has 0 fully saturated rings. The SMILES string of the molecule is COc1cc2c(cc1OC)-c1nn([C@H](C)[C@H](O)[C@@H](O)[C@H](O)[C@H](C)C(=O)O)c(Nc3cccc(F)c3)c1C2. The average molecular weight is 516 g/mol. The number of methoxy groups -OCH3 is 2. The number of rotatable bonds is 10. The van der Waals surface area contributed by atoms with E-state index in [0.717, 1.165) is 16.7 Å². The molecule has 0 unspecified atom stereocenters. The molecule has 0 radical (unpaired) electrons. The summed E-state index contributed by atoms with van der Waals surface area (Å²) >= 11 is 0. The topological polar surface area (TPSA) is 146 Å². The second kappa shape index (κ2) is 10.4. The molecule has 0 saturated heterocycles. The molecule has 0 saturated carbocycles. The molecule has 1 aliphatic carbocycles. The van der Waals surface area contributed by atoms with Crippen LogP contribution in [0.4, 0.5) is 15.9 Å². The van der Waals surface area contributed by atoms with Gasteiger partial charge < -0.3 is 35.2 Å². The Labute approximate surface area is 212 Å². The number of ether oxygens (including phenoxy) is 2. The van der Waals surface area contributed by atoms with Crippen molar-refractivity contribution in [3.8, 4) is 22.8 Å². The van der Waals surface area contributed by atoms with Crippen LogP contribution >= 0.6 is 0 Å². The van der Waals surface area contributed by atoms with Gasteiger partial charge in [-0.3, -0.25) is 4.79 Å². The molecule has 0 aliphatic heterocycles. The van der Waals surface area contributed by atoms with E-state index in [2.05, 4.69) is 5.32 Å². The summed E-state index contributed by atoms with van der Waals surface area (Å²) in [7, 11) is 3.07. The van der Waals surface area contributed by atoms with Crippen LogP contribution in [0.2, 0.25) is 0 Å². The third-order valence-corrected chi connectivity index (χ3v) is 6.81. The molecule has 198 valence electrons. The van der Waals surface area contributed by atoms with E-state index < -0.39 is 42.1 Å². The highest BCUT2D eigenvalue weighted by molar-refractivity contribution is 5.82. The second-order valence-electron chi connectivity index (χ2n) is 9.14. The molecule has 11 heteroatoms. The number of carboxylic acids is 1. The Balaban J connectivity index is 1.78. The molecule has 1 heterocycles. The van der Waals surface area contributed by atoms with E-state index in [9.17, 15) is 29.6 Å². The molecular weight excluding hydrogens is 485 g/mol. The van der Waals surface area contributed by atoms with Gasteiger partial charge in [0.2, 0.25) is 0 Å². The predicted octanol–water partition coefficient (Wildman–Crippen LogP) is 2.72. The first-order chi connectivity index (χ1) is 17.6. The lowest BCUT2D eigenvalue weighted by Gasteiger charge is -2.30. The van der Waals surface area contributed by atoms with Crippen LogP contribution in [0.15, 0.2) is 36.4 Å². The molecule has 2 aromatic carbocycles. The Morgan fingerprint density at radius 2 is 1.73 bits per heavy atom. The van der Waals surface area contributed by atoms with Gasteiger partial charge in [-0.15, -0.1) is 0 Å². The second-order valence-corrected chi connectivity index (χ2v) is 9.14. The Morgan fingerprint density at radius 3 is 2.35 bits per heavy atom. The minimum atomic E-state index is -1.76. The number of carbonyl (C=O) groups is 1. The third kappa shape index (κ3) is 4.85. The maximum Gasteiger partial charge on any atom is 0.308 e. The van der Waals surface area contributed by atoms with E-state index in [1.54, 1.807) is 32.2 Å². The number of hydrogen-bond donors (Lipinski definition) is 5. The van der Waals surface area contributed by atoms with Gasteiger partial charge >= 0.3 is 5.97 Å². The van der Waals surface area contributed by atoms with E-state index in [0.29, 0.717) is 35.1 Å². The van der Waals surface area contributed by atoms with Crippen LogP contribution in [0, 0.1) is 11.7 Å². The van der Waals surface area contributed by atoms with Crippen molar-refractivity contribution in [3.05, 3.63) is 53.3 Å². The predicted molar refractivity (Wildman–Crippen MR) is 133 cm³/mol. The number of fused-ring (bicyclic) bond motifs is 3. The maximum atomic E-state index is 13.9. The van der Waals surface area contributed by atoms with Gasteiger partial charge in [0.15, 0.2) is 11.5 Å². The number of nitrogens with zero attached hydrogens (tertiary/aromatic N) is 2. The highest BCUT2D eigenvalue weighted by Crippen LogP contribution is 2.46. The van der Waals surface area contributed by atoms with Gasteiger partial charge in [0.05, 0.1) is 38.0 Å². The lowest BCUT2D eigenvalue weighted by Crippen LogP contribution is -2.46. The number of benzene rings is 2. The smallest absolute Gasteiger partial charge is 0.308 e. The minimum Gasteiger partial charge on any atom is -0.493 e. The Morgan fingerprint density at radius 1 is 1.05 bits per heavy atom. The number of aliphatic hydroxyl groups excluding tert-OH is 3. The van der Waals surface area contributed by atoms with Crippen LogP contribution in [0.5, 0.6) is 11.5 Å². The molecule has 37 heavy (non-hydrogen) atoms. The average Bonchev–Trinajstić information content (AvgIpc) is 3.41. The summed E-state index contributed by atoms with van der Waals surface area (Å²) in [6.45, 7) is 2.83. The van der Waals surface area contributed by atoms with Gasteiger partial charge in [-0.2, -0.15) is 5.10 Å². The van der Waals surface area contributed by atoms with Crippen molar-refractivity contribution in [1.82, 2.24) is 9.78 Å². The zero-order valence-corrected chi connectivity index (χ0v) is 20.8. The number of aromatic nitrogens is 2. The van der Waals surface area contributed by atoms with Crippen molar-refractivity contribution in [1.29, 1.82) is 0 Å². The first-order valence-electron chi connectivity index (χ1n) is 11.7. The summed E-state index contributed by atoms with van der Waals surface area (Å²) in [5.41, 5.74) is 3.53. The molecule has 1 aromatic heterocycles. The fourth-order valence-electron chi connectivity index (χ4n) is 4.53. The van der Waals surface area contributed by atoms with Gasteiger partial charge in [-0.05, 0) is 49.7 Å². The van der Waals surface area contributed by atoms with Crippen molar-refractivity contribution in [2.75, 3.05) is 19.5 Å². The normalized spacial score (nSPS) is 16.2. The number of nitrogens with one attached hydrogen (secondary N) is 1. The molecule has 0 spiro atoms. The molecule has 0 amide bonds. The Hall–Kier alpha value is -3.67. The molecule has 0 bridgehead atoms. The Bertz CT molecular complexity index is 1310. The number of halogens is 1. The maximum absolute atomic E-state index is 13.9. The summed E-state index contributed by atoms with van der Waals surface area (Å²) in [5, 5.41) is 48.9. The molecule has 4 rings (SSSR count). The molecule has 5 N–H and O–H groups in total. The summed E-state index contributed by atoms with van der Waals surface area (Å²) in [6, 6.07) is 8.61. The quantitative estimate of drug-likeness (QED) is 0.215. The van der Waals surface area contributed by atoms with Gasteiger partial charge in [-0.25, -0.2) is 9.07 Å². The van der Waals surface area contributed by atoms with Crippen LogP contribution < -0.4 is 14.8 Å². The monoisotopic (exact) mass is 515 g/mol. The zero-order chi connectivity index (χ0) is 27.0. The number of hydrogen-bond acceptors (Lipinski definition) is 8. The van der Waals surface area contributed by atoms with Crippen LogP contribution in [-0.4, -0.2) is 68.7 Å². The highest BCUT2D eigenvalue weighted by Gasteiger charge is 2.38. The van der Waals surface area contributed by atoms with E-state index in [4.69, 9.17) is 14.6 Å². The Kier molecular flexibility index (Phi) is 7.39. The largest absolute Gasteiger partial charge is 0.493 e. The standard InChI is InChI=1S/C26H30FN3O7/c1-12(26(34)35)22(31)24(33)23(32)13(2)30-25(28-16-7-5-6-15(27)10-16)18-8-14-9-19(36-3)20(37-4)11-17(14)21(18)29-30/h5-7,9-13,22-24,28,31-33H,8H2,1-4H3,(H,34,35)/t12-,13+,22+,23-,24-/m0/s1. The number of anilines is 2. The van der Waals surface area contributed by atoms with Gasteiger partial charge in [-0.1, -0.05) is 6.07 Å². The molecule has 3 aromatic rings. The lowest BCUT2D eigenvalue weighted by atomic mass is 9.93. The van der Waals surface area contributed by atoms with Crippen molar-refractivity contribution >= 4 is 17.5 Å². The van der Waals surface area contributed by atoms with E-state index in [-0.39, 0.29) is 0 Å². The van der Waals surface area contributed by atoms with Crippen LogP contribution in [0.3, 0.4) is 0 Å². The van der Waals surface area contributed by atoms with Crippen molar-refractivity contribution in [3.63, 3.8) is 0 Å². The summed E-state index contributed by atoms with van der Waals surface area (Å²) < 4.78 is 26.3. The fraction of sp³-hybridized carbons (Fsp3) is 0.385. The van der Waals surface area contributed by atoms with E-state index in [1.165, 1.54) is 30.8 Å². The van der Waals surface area contributed by atoms with Crippen LogP contribution in [-0.2, 0) is 11.2 Å². The number of carboxylic acid groups (broad SMARTS) is 1. The first-order valence-corrected chi connectivity index (χ1v) is 11.7. The molecular formula is C26H30FN3O7. The lowest BCUT2D eigenvalue weighted by molar-refractivity contribution is -0.152. The van der Waals surface area contributed by atoms with Crippen LogP contribution in [0.25, 0.3) is 11.3 Å². The number of aliphatic hydroxyl groups is 3. The molecule has 1 aliphatic rings. The summed E-state index contributed by atoms with van der Waals surface area (Å²) in [5.74, 6) is -1.53. The van der Waals surface area contributed by atoms with Gasteiger partial charge in [0.1, 0.15) is 23.8 Å². The zero-order valence-electron chi connectivity index (χ0n) is 20.8. The van der Waals surface area contributed by atoms with Crippen molar-refractivity contribution in [2.45, 2.75) is 44.6 Å². The molecule has 5 atom stereocenters. The summed E-state index contributed by atoms with van der Waals surface area (Å²) in [4.78, 5) is 11.3. The fourth-order valence-corrected chi connectivity index (χ4v) is 4.53. The highest BCUT2D eigenvalue weighted by atomic mass is 19.1. The van der Waals surface area contributed by atoms with Gasteiger partial charge in [0, 0.05) is 23.2 Å². The third-order valence-electron chi connectivity index (χ3n) is 6.81. The van der Waals surface area contributed by atoms with E-state index in [1.807, 2.05) is 6.07 Å².